The first-order chi connectivity index (χ1) is 14.4. The Balaban J connectivity index is 1.52. The maximum Gasteiger partial charge on any atom is 0.271 e. The highest BCUT2D eigenvalue weighted by atomic mass is 16.2. The van der Waals surface area contributed by atoms with E-state index in [9.17, 15) is 4.79 Å². The summed E-state index contributed by atoms with van der Waals surface area (Å²) in [7, 11) is 0. The molecule has 0 aliphatic carbocycles. The van der Waals surface area contributed by atoms with E-state index in [1.54, 1.807) is 0 Å². The van der Waals surface area contributed by atoms with E-state index in [1.807, 2.05) is 42.2 Å². The number of H-pyrrole nitrogens is 1. The van der Waals surface area contributed by atoms with Crippen LogP contribution in [0.5, 0.6) is 0 Å². The zero-order valence-corrected chi connectivity index (χ0v) is 17.5. The summed E-state index contributed by atoms with van der Waals surface area (Å²) in [6.07, 6.45) is 0.889. The molecule has 0 spiro atoms. The Morgan fingerprint density at radius 2 is 1.97 bits per heavy atom. The summed E-state index contributed by atoms with van der Waals surface area (Å²) in [6.45, 7) is 7.47. The molecule has 0 bridgehead atoms. The van der Waals surface area contributed by atoms with Crippen molar-refractivity contribution < 1.29 is 4.79 Å². The van der Waals surface area contributed by atoms with Crippen LogP contribution in [0.3, 0.4) is 0 Å². The Bertz CT molecular complexity index is 1110. The Morgan fingerprint density at radius 3 is 2.63 bits per heavy atom. The molecule has 0 saturated carbocycles. The number of hydrogen-bond acceptors (Lipinski definition) is 4. The monoisotopic (exact) mass is 399 g/mol. The third-order valence-corrected chi connectivity index (χ3v) is 5.63. The van der Waals surface area contributed by atoms with Gasteiger partial charge in [-0.1, -0.05) is 26.0 Å². The van der Waals surface area contributed by atoms with Crippen LogP contribution in [0.25, 0.3) is 11.1 Å². The van der Waals surface area contributed by atoms with E-state index in [2.05, 4.69) is 42.2 Å². The van der Waals surface area contributed by atoms with E-state index < -0.39 is 0 Å². The number of nitrogens with zero attached hydrogens (tertiary/aromatic N) is 4. The van der Waals surface area contributed by atoms with E-state index >= 15 is 0 Å². The second kappa shape index (κ2) is 8.11. The van der Waals surface area contributed by atoms with Crippen LogP contribution < -0.4 is 0 Å². The zero-order chi connectivity index (χ0) is 21.3. The standard InChI is InChI=1S/C24H25N5O/c1-15(2)21-12-23(28-27-21)24(30)29-9-8-19(14-29)22-11-20(10-16(3)26-22)18-6-4-17(13-25)5-7-18/h4-7,10-12,15,19H,8-9,14H2,1-3H3,(H,27,28). The second-order valence-electron chi connectivity index (χ2n) is 8.21. The minimum absolute atomic E-state index is 0.00290. The number of benzene rings is 1. The summed E-state index contributed by atoms with van der Waals surface area (Å²) < 4.78 is 0. The van der Waals surface area contributed by atoms with Crippen LogP contribution >= 0.6 is 0 Å². The van der Waals surface area contributed by atoms with E-state index in [0.717, 1.165) is 34.6 Å². The summed E-state index contributed by atoms with van der Waals surface area (Å²) in [4.78, 5) is 19.5. The molecule has 1 atom stereocenters. The Labute approximate surface area is 176 Å². The number of aryl methyl sites for hydroxylation is 1. The summed E-state index contributed by atoms with van der Waals surface area (Å²) in [5.41, 5.74) is 6.21. The molecule has 1 aliphatic rings. The van der Waals surface area contributed by atoms with Crippen LogP contribution in [0.4, 0.5) is 0 Å². The van der Waals surface area contributed by atoms with Crippen molar-refractivity contribution in [2.45, 2.75) is 39.0 Å². The Hall–Kier alpha value is -3.46. The highest BCUT2D eigenvalue weighted by molar-refractivity contribution is 5.92. The van der Waals surface area contributed by atoms with Gasteiger partial charge in [0.15, 0.2) is 0 Å². The van der Waals surface area contributed by atoms with E-state index in [0.29, 0.717) is 24.3 Å². The molecular weight excluding hydrogens is 374 g/mol. The predicted octanol–water partition coefficient (Wildman–Crippen LogP) is 4.40. The maximum absolute atomic E-state index is 12.9. The molecule has 1 aromatic carbocycles. The first-order valence-corrected chi connectivity index (χ1v) is 10.3. The molecule has 0 radical (unpaired) electrons. The van der Waals surface area contributed by atoms with Gasteiger partial charge in [-0.2, -0.15) is 10.4 Å². The van der Waals surface area contributed by atoms with Crippen molar-refractivity contribution in [2.24, 2.45) is 0 Å². The predicted molar refractivity (Wildman–Crippen MR) is 115 cm³/mol. The molecule has 6 nitrogen and oxygen atoms in total. The molecule has 1 saturated heterocycles. The van der Waals surface area contributed by atoms with Crippen molar-refractivity contribution in [1.29, 1.82) is 5.26 Å². The summed E-state index contributed by atoms with van der Waals surface area (Å²) in [5.74, 6) is 0.488. The number of pyridine rings is 1. The van der Waals surface area contributed by atoms with Crippen molar-refractivity contribution in [3.8, 4) is 17.2 Å². The normalized spacial score (nSPS) is 16.1. The van der Waals surface area contributed by atoms with Gasteiger partial charge >= 0.3 is 0 Å². The fourth-order valence-corrected chi connectivity index (χ4v) is 3.91. The number of likely N-dealkylation sites (tertiary alicyclic amines) is 1. The number of nitriles is 1. The van der Waals surface area contributed by atoms with Gasteiger partial charge in [0.25, 0.3) is 5.91 Å². The number of aromatic nitrogens is 3. The van der Waals surface area contributed by atoms with Gasteiger partial charge in [-0.15, -0.1) is 0 Å². The summed E-state index contributed by atoms with van der Waals surface area (Å²) >= 11 is 0. The van der Waals surface area contributed by atoms with Gasteiger partial charge in [0.1, 0.15) is 5.69 Å². The molecule has 1 amide bonds. The Kier molecular flexibility index (Phi) is 5.37. The fraction of sp³-hybridized carbons (Fsp3) is 0.333. The van der Waals surface area contributed by atoms with E-state index in [-0.39, 0.29) is 17.7 Å². The largest absolute Gasteiger partial charge is 0.337 e. The van der Waals surface area contributed by atoms with Gasteiger partial charge in [-0.3, -0.25) is 14.9 Å². The molecule has 1 aliphatic heterocycles. The molecule has 1 N–H and O–H groups in total. The third kappa shape index (κ3) is 3.97. The quantitative estimate of drug-likeness (QED) is 0.704. The van der Waals surface area contributed by atoms with Gasteiger partial charge in [0.05, 0.1) is 17.3 Å². The van der Waals surface area contributed by atoms with Gasteiger partial charge < -0.3 is 4.90 Å². The molecule has 3 heterocycles. The molecule has 152 valence electrons. The van der Waals surface area contributed by atoms with Crippen molar-refractivity contribution in [3.05, 3.63) is 70.8 Å². The van der Waals surface area contributed by atoms with Gasteiger partial charge in [-0.05, 0) is 60.7 Å². The number of hydrogen-bond donors (Lipinski definition) is 1. The number of aromatic amines is 1. The topological polar surface area (TPSA) is 85.7 Å². The minimum atomic E-state index is -0.00290. The number of amides is 1. The van der Waals surface area contributed by atoms with E-state index in [1.165, 1.54) is 0 Å². The SMILES string of the molecule is Cc1cc(-c2ccc(C#N)cc2)cc(C2CCN(C(=O)c3cc(C(C)C)n[nH]3)C2)n1. The minimum Gasteiger partial charge on any atom is -0.337 e. The average molecular weight is 399 g/mol. The maximum atomic E-state index is 12.9. The zero-order valence-electron chi connectivity index (χ0n) is 17.5. The lowest BCUT2D eigenvalue weighted by molar-refractivity contribution is 0.0785. The van der Waals surface area contributed by atoms with E-state index in [4.69, 9.17) is 10.2 Å². The number of nitrogens with one attached hydrogen (secondary N) is 1. The molecule has 6 heteroatoms. The highest BCUT2D eigenvalue weighted by Gasteiger charge is 2.30. The molecular formula is C24H25N5O. The van der Waals surface area contributed by atoms with Gasteiger partial charge in [0, 0.05) is 30.4 Å². The van der Waals surface area contributed by atoms with Crippen molar-refractivity contribution >= 4 is 5.91 Å². The van der Waals surface area contributed by atoms with Crippen LogP contribution in [0.2, 0.25) is 0 Å². The molecule has 30 heavy (non-hydrogen) atoms. The summed E-state index contributed by atoms with van der Waals surface area (Å²) in [5, 5.41) is 16.1. The molecule has 1 unspecified atom stereocenters. The van der Waals surface area contributed by atoms with Crippen molar-refractivity contribution in [1.82, 2.24) is 20.1 Å². The highest BCUT2D eigenvalue weighted by Crippen LogP contribution is 2.30. The number of carbonyl (C=O) groups excluding carboxylic acids is 1. The first-order valence-electron chi connectivity index (χ1n) is 10.3. The Morgan fingerprint density at radius 1 is 1.20 bits per heavy atom. The lowest BCUT2D eigenvalue weighted by Crippen LogP contribution is -2.28. The lowest BCUT2D eigenvalue weighted by Gasteiger charge is -2.16. The van der Waals surface area contributed by atoms with Crippen LogP contribution in [-0.4, -0.2) is 39.1 Å². The molecule has 4 rings (SSSR count). The molecule has 3 aromatic rings. The van der Waals surface area contributed by atoms with Crippen molar-refractivity contribution in [3.63, 3.8) is 0 Å². The second-order valence-corrected chi connectivity index (χ2v) is 8.21. The third-order valence-electron chi connectivity index (χ3n) is 5.63. The van der Waals surface area contributed by atoms with Crippen LogP contribution in [0.1, 0.15) is 65.2 Å². The van der Waals surface area contributed by atoms with Crippen LogP contribution in [0, 0.1) is 18.3 Å². The van der Waals surface area contributed by atoms with Gasteiger partial charge in [0.2, 0.25) is 0 Å². The molecule has 2 aromatic heterocycles. The fourth-order valence-electron chi connectivity index (χ4n) is 3.91. The molecule has 1 fully saturated rings. The number of carbonyl (C=O) groups is 1. The smallest absolute Gasteiger partial charge is 0.271 e. The summed E-state index contributed by atoms with van der Waals surface area (Å²) in [6, 6.07) is 15.8. The average Bonchev–Trinajstić information content (AvgIpc) is 3.43. The van der Waals surface area contributed by atoms with Crippen LogP contribution in [0.15, 0.2) is 42.5 Å². The van der Waals surface area contributed by atoms with Gasteiger partial charge in [-0.25, -0.2) is 0 Å². The van der Waals surface area contributed by atoms with Crippen LogP contribution in [-0.2, 0) is 0 Å². The lowest BCUT2D eigenvalue weighted by atomic mass is 9.98. The number of rotatable bonds is 4. The first kappa shape index (κ1) is 19.8. The van der Waals surface area contributed by atoms with Crippen molar-refractivity contribution in [2.75, 3.05) is 13.1 Å².